The molecule has 0 bridgehead atoms. The Hall–Kier alpha value is -3.19. The summed E-state index contributed by atoms with van der Waals surface area (Å²) in [4.78, 5) is 29.6. The molecule has 8 heteroatoms. The second kappa shape index (κ2) is 9.11. The standard InChI is InChI=1S/C27H30ClN3O4/c1-27(26(33)29-18-9-5-6-10-18)16-30-21(14-19-22(34-2)12-13-23(35-3)24(19)30)25(32)31(27)15-17-8-4-7-11-20(17)28/h4,7-8,11-14,18H,5-6,9-10,15-16H2,1-3H3,(H,29,33). The molecule has 35 heavy (non-hydrogen) atoms. The van der Waals surface area contributed by atoms with Gasteiger partial charge in [-0.2, -0.15) is 0 Å². The van der Waals surface area contributed by atoms with Crippen molar-refractivity contribution in [2.24, 2.45) is 0 Å². The molecular formula is C27H30ClN3O4. The summed E-state index contributed by atoms with van der Waals surface area (Å²) in [5.74, 6) is 0.878. The third kappa shape index (κ3) is 3.92. The first kappa shape index (κ1) is 23.5. The van der Waals surface area contributed by atoms with Crippen molar-refractivity contribution in [3.05, 3.63) is 58.7 Å². The van der Waals surface area contributed by atoms with Crippen molar-refractivity contribution < 1.29 is 19.1 Å². The number of aromatic nitrogens is 1. The lowest BCUT2D eigenvalue weighted by Crippen LogP contribution is -2.64. The Morgan fingerprint density at radius 2 is 1.80 bits per heavy atom. The van der Waals surface area contributed by atoms with Crippen LogP contribution in [-0.4, -0.2) is 47.1 Å². The highest BCUT2D eigenvalue weighted by atomic mass is 35.5. The topological polar surface area (TPSA) is 72.8 Å². The quantitative estimate of drug-likeness (QED) is 0.534. The Morgan fingerprint density at radius 3 is 2.49 bits per heavy atom. The summed E-state index contributed by atoms with van der Waals surface area (Å²) in [5, 5.41) is 4.56. The maximum absolute atomic E-state index is 14.1. The van der Waals surface area contributed by atoms with Gasteiger partial charge in [0.05, 0.1) is 26.3 Å². The summed E-state index contributed by atoms with van der Waals surface area (Å²) in [7, 11) is 3.20. The Labute approximate surface area is 209 Å². The van der Waals surface area contributed by atoms with Gasteiger partial charge < -0.3 is 24.3 Å². The zero-order chi connectivity index (χ0) is 24.7. The molecule has 1 N–H and O–H groups in total. The van der Waals surface area contributed by atoms with Crippen LogP contribution in [0.1, 0.15) is 48.7 Å². The van der Waals surface area contributed by atoms with Crippen LogP contribution in [0, 0.1) is 0 Å². The number of halogens is 1. The number of fused-ring (bicyclic) bond motifs is 3. The Kier molecular flexibility index (Phi) is 6.13. The molecule has 1 atom stereocenters. The minimum absolute atomic E-state index is 0.133. The smallest absolute Gasteiger partial charge is 0.271 e. The third-order valence-corrected chi connectivity index (χ3v) is 7.78. The molecule has 0 spiro atoms. The van der Waals surface area contributed by atoms with Gasteiger partial charge in [-0.1, -0.05) is 42.6 Å². The van der Waals surface area contributed by atoms with E-state index < -0.39 is 5.54 Å². The highest BCUT2D eigenvalue weighted by molar-refractivity contribution is 6.31. The van der Waals surface area contributed by atoms with Crippen LogP contribution in [-0.2, 0) is 17.9 Å². The second-order valence-corrected chi connectivity index (χ2v) is 9.97. The van der Waals surface area contributed by atoms with E-state index in [2.05, 4.69) is 5.32 Å². The number of rotatable bonds is 6. The molecule has 1 saturated carbocycles. The van der Waals surface area contributed by atoms with Crippen molar-refractivity contribution >= 4 is 34.3 Å². The zero-order valence-electron chi connectivity index (χ0n) is 20.3. The van der Waals surface area contributed by atoms with Crippen LogP contribution < -0.4 is 14.8 Å². The maximum Gasteiger partial charge on any atom is 0.271 e. The van der Waals surface area contributed by atoms with E-state index in [1.165, 1.54) is 0 Å². The average molecular weight is 496 g/mol. The molecule has 1 aliphatic heterocycles. The highest BCUT2D eigenvalue weighted by Crippen LogP contribution is 2.41. The molecule has 1 fully saturated rings. The van der Waals surface area contributed by atoms with Crippen molar-refractivity contribution in [3.63, 3.8) is 0 Å². The number of nitrogens with zero attached hydrogens (tertiary/aromatic N) is 2. The normalized spacial score (nSPS) is 20.2. The summed E-state index contributed by atoms with van der Waals surface area (Å²) in [6.45, 7) is 2.35. The van der Waals surface area contributed by atoms with Crippen LogP contribution in [0.25, 0.3) is 10.9 Å². The van der Waals surface area contributed by atoms with Gasteiger partial charge >= 0.3 is 0 Å². The fourth-order valence-corrected chi connectivity index (χ4v) is 5.61. The van der Waals surface area contributed by atoms with E-state index in [9.17, 15) is 9.59 Å². The van der Waals surface area contributed by atoms with Crippen LogP contribution >= 0.6 is 11.6 Å². The molecule has 1 aromatic heterocycles. The monoisotopic (exact) mass is 495 g/mol. The average Bonchev–Trinajstić information content (AvgIpc) is 3.50. The SMILES string of the molecule is COc1ccc(OC)c2c1cc1n2CC(C)(C(=O)NC2CCCC2)N(Cc2ccccc2Cl)C1=O. The molecule has 184 valence electrons. The Balaban J connectivity index is 1.65. The largest absolute Gasteiger partial charge is 0.496 e. The number of carbonyl (C=O) groups excluding carboxylic acids is 2. The van der Waals surface area contributed by atoms with Gasteiger partial charge in [0.1, 0.15) is 22.7 Å². The number of benzene rings is 2. The minimum atomic E-state index is -1.13. The lowest BCUT2D eigenvalue weighted by molar-refractivity contribution is -0.133. The predicted molar refractivity (Wildman–Crippen MR) is 135 cm³/mol. The van der Waals surface area contributed by atoms with E-state index in [1.54, 1.807) is 25.2 Å². The molecule has 3 aromatic rings. The van der Waals surface area contributed by atoms with Crippen molar-refractivity contribution in [3.8, 4) is 11.5 Å². The molecule has 1 unspecified atom stereocenters. The molecule has 0 radical (unpaired) electrons. The summed E-state index contributed by atoms with van der Waals surface area (Å²) in [6, 6.07) is 13.0. The van der Waals surface area contributed by atoms with E-state index in [4.69, 9.17) is 21.1 Å². The van der Waals surface area contributed by atoms with Crippen molar-refractivity contribution in [2.75, 3.05) is 14.2 Å². The fourth-order valence-electron chi connectivity index (χ4n) is 5.41. The number of carbonyl (C=O) groups is 2. The molecule has 1 aliphatic carbocycles. The molecule has 2 amide bonds. The van der Waals surface area contributed by atoms with Crippen LogP contribution in [0.4, 0.5) is 0 Å². The predicted octanol–water partition coefficient (Wildman–Crippen LogP) is 4.79. The fraction of sp³-hybridized carbons (Fsp3) is 0.407. The van der Waals surface area contributed by atoms with Crippen molar-refractivity contribution in [1.82, 2.24) is 14.8 Å². The van der Waals surface area contributed by atoms with Gasteiger partial charge in [0.15, 0.2) is 0 Å². The summed E-state index contributed by atoms with van der Waals surface area (Å²) in [5.41, 5.74) is 0.891. The van der Waals surface area contributed by atoms with Crippen LogP contribution in [0.3, 0.4) is 0 Å². The van der Waals surface area contributed by atoms with Gasteiger partial charge in [0.25, 0.3) is 5.91 Å². The van der Waals surface area contributed by atoms with E-state index in [0.717, 1.165) is 42.1 Å². The third-order valence-electron chi connectivity index (χ3n) is 7.41. The summed E-state index contributed by atoms with van der Waals surface area (Å²) < 4.78 is 13.1. The van der Waals surface area contributed by atoms with Crippen LogP contribution in [0.15, 0.2) is 42.5 Å². The molecule has 0 saturated heterocycles. The summed E-state index contributed by atoms with van der Waals surface area (Å²) in [6.07, 6.45) is 4.13. The van der Waals surface area contributed by atoms with E-state index in [-0.39, 0.29) is 30.9 Å². The van der Waals surface area contributed by atoms with Gasteiger partial charge in [0, 0.05) is 23.0 Å². The molecule has 2 aromatic carbocycles. The molecule has 2 heterocycles. The molecular weight excluding hydrogens is 466 g/mol. The summed E-state index contributed by atoms with van der Waals surface area (Å²) >= 11 is 6.47. The first-order valence-corrected chi connectivity index (χ1v) is 12.4. The highest BCUT2D eigenvalue weighted by Gasteiger charge is 2.48. The van der Waals surface area contributed by atoms with Gasteiger partial charge in [-0.25, -0.2) is 0 Å². The molecule has 5 rings (SSSR count). The van der Waals surface area contributed by atoms with Gasteiger partial charge in [-0.15, -0.1) is 0 Å². The first-order chi connectivity index (χ1) is 16.9. The second-order valence-electron chi connectivity index (χ2n) is 9.56. The van der Waals surface area contributed by atoms with Gasteiger partial charge in [0.2, 0.25) is 5.91 Å². The zero-order valence-corrected chi connectivity index (χ0v) is 21.0. The van der Waals surface area contributed by atoms with E-state index in [0.29, 0.717) is 22.2 Å². The molecule has 7 nitrogen and oxygen atoms in total. The number of hydrogen-bond acceptors (Lipinski definition) is 4. The lowest BCUT2D eigenvalue weighted by Gasteiger charge is -2.44. The number of ether oxygens (including phenoxy) is 2. The first-order valence-electron chi connectivity index (χ1n) is 12.0. The maximum atomic E-state index is 14.1. The van der Waals surface area contributed by atoms with E-state index in [1.807, 2.05) is 47.9 Å². The number of nitrogens with one attached hydrogen (secondary N) is 1. The number of hydrogen-bond donors (Lipinski definition) is 1. The lowest BCUT2D eigenvalue weighted by atomic mass is 9.93. The number of amides is 2. The van der Waals surface area contributed by atoms with Gasteiger partial charge in [-0.3, -0.25) is 9.59 Å². The Bertz CT molecular complexity index is 1300. The number of methoxy groups -OCH3 is 2. The molecule has 2 aliphatic rings. The van der Waals surface area contributed by atoms with E-state index >= 15 is 0 Å². The van der Waals surface area contributed by atoms with Crippen molar-refractivity contribution in [1.29, 1.82) is 0 Å². The minimum Gasteiger partial charge on any atom is -0.496 e. The van der Waals surface area contributed by atoms with Crippen LogP contribution in [0.5, 0.6) is 11.5 Å². The van der Waals surface area contributed by atoms with Crippen LogP contribution in [0.2, 0.25) is 5.02 Å². The Morgan fingerprint density at radius 1 is 1.11 bits per heavy atom. The van der Waals surface area contributed by atoms with Crippen molar-refractivity contribution in [2.45, 2.75) is 57.3 Å². The van der Waals surface area contributed by atoms with Gasteiger partial charge in [-0.05, 0) is 49.6 Å².